The molecule has 2 aromatic rings. The summed E-state index contributed by atoms with van der Waals surface area (Å²) in [6, 6.07) is 11.2. The second kappa shape index (κ2) is 6.91. The molecule has 0 fully saturated rings. The van der Waals surface area contributed by atoms with Gasteiger partial charge in [-0.3, -0.25) is 0 Å². The van der Waals surface area contributed by atoms with Crippen LogP contribution in [-0.4, -0.2) is 11.0 Å². The minimum Gasteiger partial charge on any atom is -0.310 e. The first-order chi connectivity index (χ1) is 9.56. The van der Waals surface area contributed by atoms with Crippen molar-refractivity contribution in [2.75, 3.05) is 0 Å². The van der Waals surface area contributed by atoms with Gasteiger partial charge in [0.05, 0.1) is 0 Å². The molecule has 2 nitrogen and oxygen atoms in total. The maximum Gasteiger partial charge on any atom is 0.105 e. The maximum absolute atomic E-state index is 4.55. The minimum atomic E-state index is 0.480. The van der Waals surface area contributed by atoms with Crippen LogP contribution >= 0.6 is 11.8 Å². The molecule has 0 saturated heterocycles. The van der Waals surface area contributed by atoms with Gasteiger partial charge in [0.1, 0.15) is 5.03 Å². The first-order valence-corrected chi connectivity index (χ1v) is 7.80. The van der Waals surface area contributed by atoms with Gasteiger partial charge in [-0.15, -0.1) is 0 Å². The number of benzene rings is 1. The lowest BCUT2D eigenvalue weighted by Crippen LogP contribution is -2.22. The molecule has 0 aliphatic carbocycles. The average molecular weight is 286 g/mol. The number of hydrogen-bond acceptors (Lipinski definition) is 3. The molecular weight excluding hydrogens is 264 g/mol. The van der Waals surface area contributed by atoms with Gasteiger partial charge in [-0.25, -0.2) is 4.98 Å². The highest BCUT2D eigenvalue weighted by Crippen LogP contribution is 2.31. The van der Waals surface area contributed by atoms with Crippen molar-refractivity contribution in [3.05, 3.63) is 53.2 Å². The van der Waals surface area contributed by atoms with Crippen LogP contribution in [0.15, 0.2) is 46.5 Å². The lowest BCUT2D eigenvalue weighted by molar-refractivity contribution is 0.582. The highest BCUT2D eigenvalue weighted by atomic mass is 32.2. The topological polar surface area (TPSA) is 24.9 Å². The molecule has 0 saturated carbocycles. The Morgan fingerprint density at radius 3 is 2.75 bits per heavy atom. The second-order valence-electron chi connectivity index (χ2n) is 5.37. The summed E-state index contributed by atoms with van der Waals surface area (Å²) in [5.41, 5.74) is 3.84. The Labute approximate surface area is 126 Å². The summed E-state index contributed by atoms with van der Waals surface area (Å²) in [4.78, 5) is 5.83. The summed E-state index contributed by atoms with van der Waals surface area (Å²) < 4.78 is 0. The van der Waals surface area contributed by atoms with Crippen molar-refractivity contribution in [1.82, 2.24) is 10.3 Å². The van der Waals surface area contributed by atoms with Crippen molar-refractivity contribution in [2.24, 2.45) is 0 Å². The fraction of sp³-hybridized carbons (Fsp3) is 0.353. The maximum atomic E-state index is 4.55. The first-order valence-electron chi connectivity index (χ1n) is 6.98. The average Bonchev–Trinajstić information content (AvgIpc) is 2.42. The molecule has 0 bridgehead atoms. The largest absolute Gasteiger partial charge is 0.310 e. The van der Waals surface area contributed by atoms with Crippen LogP contribution in [0.1, 0.15) is 30.5 Å². The fourth-order valence-corrected chi connectivity index (χ4v) is 2.95. The van der Waals surface area contributed by atoms with Gasteiger partial charge >= 0.3 is 0 Å². The standard InChI is InChI=1S/C17H22N2S/c1-12(2)19-11-15-6-5-9-18-17(15)20-16-10-13(3)7-8-14(16)4/h5-10,12,19H,11H2,1-4H3. The normalized spacial score (nSPS) is 11.1. The van der Waals surface area contributed by atoms with Gasteiger partial charge in [-0.2, -0.15) is 0 Å². The van der Waals surface area contributed by atoms with Crippen LogP contribution in [0.3, 0.4) is 0 Å². The number of nitrogens with one attached hydrogen (secondary N) is 1. The summed E-state index contributed by atoms with van der Waals surface area (Å²) in [5.74, 6) is 0. The molecule has 0 spiro atoms. The lowest BCUT2D eigenvalue weighted by Gasteiger charge is -2.12. The Morgan fingerprint density at radius 2 is 2.00 bits per heavy atom. The third-order valence-corrected chi connectivity index (χ3v) is 4.32. The van der Waals surface area contributed by atoms with Gasteiger partial charge in [0.25, 0.3) is 0 Å². The van der Waals surface area contributed by atoms with Crippen LogP contribution in [0.4, 0.5) is 0 Å². The Hall–Kier alpha value is -1.32. The van der Waals surface area contributed by atoms with Gasteiger partial charge < -0.3 is 5.32 Å². The molecule has 0 aliphatic heterocycles. The van der Waals surface area contributed by atoms with Crippen molar-refractivity contribution in [3.63, 3.8) is 0 Å². The molecule has 1 N–H and O–H groups in total. The molecule has 0 aliphatic rings. The zero-order chi connectivity index (χ0) is 14.5. The Morgan fingerprint density at radius 1 is 1.20 bits per heavy atom. The highest BCUT2D eigenvalue weighted by Gasteiger charge is 2.08. The summed E-state index contributed by atoms with van der Waals surface area (Å²) in [6.45, 7) is 9.46. The summed E-state index contributed by atoms with van der Waals surface area (Å²) in [7, 11) is 0. The summed E-state index contributed by atoms with van der Waals surface area (Å²) in [5, 5.41) is 4.55. The number of aryl methyl sites for hydroxylation is 2. The van der Waals surface area contributed by atoms with Crippen LogP contribution in [0, 0.1) is 13.8 Å². The monoisotopic (exact) mass is 286 g/mol. The molecule has 1 heterocycles. The minimum absolute atomic E-state index is 0.480. The van der Waals surface area contributed by atoms with Crippen LogP contribution in [0.25, 0.3) is 0 Å². The van der Waals surface area contributed by atoms with Gasteiger partial charge in [0.2, 0.25) is 0 Å². The first kappa shape index (κ1) is 15.1. The van der Waals surface area contributed by atoms with E-state index in [1.807, 2.05) is 12.3 Å². The summed E-state index contributed by atoms with van der Waals surface area (Å²) >= 11 is 1.76. The van der Waals surface area contributed by atoms with Crippen LogP contribution in [-0.2, 0) is 6.54 Å². The SMILES string of the molecule is Cc1ccc(C)c(Sc2ncccc2CNC(C)C)c1. The predicted octanol–water partition coefficient (Wildman–Crippen LogP) is 4.35. The van der Waals surface area contributed by atoms with Crippen LogP contribution in [0.2, 0.25) is 0 Å². The van der Waals surface area contributed by atoms with Gasteiger partial charge in [-0.05, 0) is 42.7 Å². The van der Waals surface area contributed by atoms with E-state index in [1.54, 1.807) is 11.8 Å². The zero-order valence-electron chi connectivity index (χ0n) is 12.6. The Balaban J connectivity index is 2.22. The van der Waals surface area contributed by atoms with Crippen LogP contribution in [0.5, 0.6) is 0 Å². The predicted molar refractivity (Wildman–Crippen MR) is 86.3 cm³/mol. The molecular formula is C17H22N2S. The van der Waals surface area contributed by atoms with Crippen LogP contribution < -0.4 is 5.32 Å². The van der Waals surface area contributed by atoms with E-state index in [9.17, 15) is 0 Å². The third-order valence-electron chi connectivity index (χ3n) is 3.10. The highest BCUT2D eigenvalue weighted by molar-refractivity contribution is 7.99. The molecule has 0 radical (unpaired) electrons. The zero-order valence-corrected chi connectivity index (χ0v) is 13.4. The molecule has 0 amide bonds. The number of nitrogens with zero attached hydrogens (tertiary/aromatic N) is 1. The molecule has 3 heteroatoms. The van der Waals surface area contributed by atoms with Crippen molar-refractivity contribution in [3.8, 4) is 0 Å². The quantitative estimate of drug-likeness (QED) is 0.884. The molecule has 20 heavy (non-hydrogen) atoms. The van der Waals surface area contributed by atoms with E-state index in [0.29, 0.717) is 6.04 Å². The third kappa shape index (κ3) is 4.09. The number of pyridine rings is 1. The van der Waals surface area contributed by atoms with E-state index in [0.717, 1.165) is 11.6 Å². The lowest BCUT2D eigenvalue weighted by atomic mass is 10.2. The van der Waals surface area contributed by atoms with Crippen molar-refractivity contribution in [1.29, 1.82) is 0 Å². The molecule has 0 atom stereocenters. The van der Waals surface area contributed by atoms with Crippen molar-refractivity contribution < 1.29 is 0 Å². The number of rotatable bonds is 5. The van der Waals surface area contributed by atoms with Gasteiger partial charge in [-0.1, -0.05) is 43.8 Å². The van der Waals surface area contributed by atoms with E-state index in [1.165, 1.54) is 21.6 Å². The molecule has 0 unspecified atom stereocenters. The number of aromatic nitrogens is 1. The molecule has 2 rings (SSSR count). The Bertz CT molecular complexity index is 579. The number of hydrogen-bond donors (Lipinski definition) is 1. The fourth-order valence-electron chi connectivity index (χ4n) is 1.89. The van der Waals surface area contributed by atoms with Gasteiger partial charge in [0, 0.05) is 23.7 Å². The smallest absolute Gasteiger partial charge is 0.105 e. The van der Waals surface area contributed by atoms with Crippen molar-refractivity contribution in [2.45, 2.75) is 50.2 Å². The van der Waals surface area contributed by atoms with Gasteiger partial charge in [0.15, 0.2) is 0 Å². The van der Waals surface area contributed by atoms with E-state index in [2.05, 4.69) is 62.3 Å². The Kier molecular flexibility index (Phi) is 5.21. The van der Waals surface area contributed by atoms with E-state index >= 15 is 0 Å². The molecule has 106 valence electrons. The molecule has 1 aromatic carbocycles. The van der Waals surface area contributed by atoms with E-state index < -0.39 is 0 Å². The second-order valence-corrected chi connectivity index (χ2v) is 6.40. The summed E-state index contributed by atoms with van der Waals surface area (Å²) in [6.07, 6.45) is 1.87. The van der Waals surface area contributed by atoms with Crippen molar-refractivity contribution >= 4 is 11.8 Å². The molecule has 1 aromatic heterocycles. The van der Waals surface area contributed by atoms with E-state index in [4.69, 9.17) is 0 Å². The van der Waals surface area contributed by atoms with E-state index in [-0.39, 0.29) is 0 Å².